The molecule has 0 rings (SSSR count). The lowest BCUT2D eigenvalue weighted by Crippen LogP contribution is -2.30. The van der Waals surface area contributed by atoms with Crippen LogP contribution in [0.25, 0.3) is 0 Å². The number of unbranched alkanes of at least 4 members (excludes halogenated alkanes) is 41. The van der Waals surface area contributed by atoms with Gasteiger partial charge in [0.2, 0.25) is 0 Å². The third kappa shape index (κ3) is 65.7. The Balaban J connectivity index is 4.20. The minimum absolute atomic E-state index is 0.0789. The zero-order chi connectivity index (χ0) is 57.8. The largest absolute Gasteiger partial charge is 0.462 e. The van der Waals surface area contributed by atoms with Crippen LogP contribution in [0.2, 0.25) is 0 Å². The minimum atomic E-state index is -0.784. The van der Waals surface area contributed by atoms with E-state index in [9.17, 15) is 14.4 Å². The third-order valence-electron chi connectivity index (χ3n) is 15.4. The molecule has 0 amide bonds. The Labute approximate surface area is 497 Å². The first-order valence-electron chi connectivity index (χ1n) is 34.9. The Hall–Kier alpha value is -3.15. The zero-order valence-electron chi connectivity index (χ0n) is 53.3. The Morgan fingerprint density at radius 3 is 0.762 bits per heavy atom. The quantitative estimate of drug-likeness (QED) is 0.0261. The van der Waals surface area contributed by atoms with Crippen molar-refractivity contribution in [3.05, 3.63) is 72.9 Å². The molecule has 0 spiro atoms. The van der Waals surface area contributed by atoms with E-state index in [1.165, 1.54) is 225 Å². The van der Waals surface area contributed by atoms with E-state index in [0.29, 0.717) is 19.3 Å². The standard InChI is InChI=1S/C74H132O6/c1-4-7-10-13-16-19-22-25-27-29-31-32-33-34-35-36-37-38-39-40-41-42-43-45-46-49-52-55-58-61-64-67-73(76)79-70-71(69-78-72(75)66-63-60-57-54-51-48-24-21-18-15-12-9-6-3)80-74(77)68-65-62-59-56-53-50-47-44-30-28-26-23-20-17-14-11-8-5-2/h12,15,21-22,24-25,28-31,33-34,71H,4-11,13-14,16-20,23,26-27,32,35-70H2,1-3H3/b15-12-,24-21-,25-22-,30-28-,31-29-,34-33-. The average Bonchev–Trinajstić information content (AvgIpc) is 3.46. The topological polar surface area (TPSA) is 78.9 Å². The van der Waals surface area contributed by atoms with Crippen molar-refractivity contribution in [2.45, 2.75) is 367 Å². The van der Waals surface area contributed by atoms with Crippen LogP contribution in [0.4, 0.5) is 0 Å². The maximum absolute atomic E-state index is 12.9. The van der Waals surface area contributed by atoms with E-state index in [0.717, 1.165) is 96.3 Å². The molecule has 0 aromatic carbocycles. The van der Waals surface area contributed by atoms with Crippen molar-refractivity contribution < 1.29 is 28.6 Å². The second-order valence-corrected chi connectivity index (χ2v) is 23.4. The molecule has 0 aliphatic carbocycles. The number of carbonyl (C=O) groups is 3. The van der Waals surface area contributed by atoms with Crippen molar-refractivity contribution in [3.8, 4) is 0 Å². The Morgan fingerprint density at radius 2 is 0.475 bits per heavy atom. The van der Waals surface area contributed by atoms with Gasteiger partial charge < -0.3 is 14.2 Å². The fraction of sp³-hybridized carbons (Fsp3) is 0.797. The Morgan fingerprint density at radius 1 is 0.250 bits per heavy atom. The zero-order valence-corrected chi connectivity index (χ0v) is 53.3. The van der Waals surface area contributed by atoms with Gasteiger partial charge in [0.15, 0.2) is 6.10 Å². The van der Waals surface area contributed by atoms with Crippen molar-refractivity contribution in [2.75, 3.05) is 13.2 Å². The van der Waals surface area contributed by atoms with Crippen molar-refractivity contribution >= 4 is 17.9 Å². The van der Waals surface area contributed by atoms with Gasteiger partial charge in [-0.3, -0.25) is 14.4 Å². The first kappa shape index (κ1) is 76.9. The molecule has 1 unspecified atom stereocenters. The second-order valence-electron chi connectivity index (χ2n) is 23.4. The summed E-state index contributed by atoms with van der Waals surface area (Å²) in [5.41, 5.74) is 0. The van der Waals surface area contributed by atoms with E-state index < -0.39 is 6.10 Å². The molecule has 0 aliphatic rings. The second kappa shape index (κ2) is 68.3. The third-order valence-corrected chi connectivity index (χ3v) is 15.4. The van der Waals surface area contributed by atoms with Crippen LogP contribution >= 0.6 is 0 Å². The van der Waals surface area contributed by atoms with Crippen LogP contribution in [-0.4, -0.2) is 37.2 Å². The SMILES string of the molecule is CCC/C=C\C/C=C\CCCCCCCC(=O)OCC(COC(=O)CCCCCCCCCCCCCCCCCC/C=C\C/C=C\C/C=C\CCCCCCC)OC(=O)CCCCCCCCC/C=C\CCCCCCCCC. The monoisotopic (exact) mass is 1120 g/mol. The number of carbonyl (C=O) groups excluding carboxylic acids is 3. The molecule has 0 radical (unpaired) electrons. The van der Waals surface area contributed by atoms with Gasteiger partial charge in [-0.1, -0.05) is 306 Å². The molecule has 464 valence electrons. The summed E-state index contributed by atoms with van der Waals surface area (Å²) >= 11 is 0. The van der Waals surface area contributed by atoms with Gasteiger partial charge in [-0.05, 0) is 109 Å². The molecule has 0 aromatic heterocycles. The number of rotatable bonds is 64. The lowest BCUT2D eigenvalue weighted by atomic mass is 10.0. The first-order chi connectivity index (χ1) is 39.5. The van der Waals surface area contributed by atoms with Gasteiger partial charge in [0, 0.05) is 19.3 Å². The average molecular weight is 1120 g/mol. The molecule has 0 bridgehead atoms. The van der Waals surface area contributed by atoms with Gasteiger partial charge in [-0.2, -0.15) is 0 Å². The molecular formula is C74H132O6. The van der Waals surface area contributed by atoms with Gasteiger partial charge >= 0.3 is 17.9 Å². The van der Waals surface area contributed by atoms with E-state index >= 15 is 0 Å². The molecule has 0 saturated carbocycles. The summed E-state index contributed by atoms with van der Waals surface area (Å²) in [6.07, 6.45) is 89.3. The molecule has 0 saturated heterocycles. The highest BCUT2D eigenvalue weighted by molar-refractivity contribution is 5.71. The fourth-order valence-corrected chi connectivity index (χ4v) is 10.1. The highest BCUT2D eigenvalue weighted by atomic mass is 16.6. The minimum Gasteiger partial charge on any atom is -0.462 e. The summed E-state index contributed by atoms with van der Waals surface area (Å²) in [5.74, 6) is -0.880. The number of hydrogen-bond acceptors (Lipinski definition) is 6. The van der Waals surface area contributed by atoms with Crippen molar-refractivity contribution in [2.24, 2.45) is 0 Å². The van der Waals surface area contributed by atoms with Gasteiger partial charge in [-0.25, -0.2) is 0 Å². The summed E-state index contributed by atoms with van der Waals surface area (Å²) in [6, 6.07) is 0. The van der Waals surface area contributed by atoms with Crippen molar-refractivity contribution in [1.29, 1.82) is 0 Å². The van der Waals surface area contributed by atoms with Gasteiger partial charge in [-0.15, -0.1) is 0 Å². The van der Waals surface area contributed by atoms with E-state index in [-0.39, 0.29) is 31.1 Å². The smallest absolute Gasteiger partial charge is 0.306 e. The van der Waals surface area contributed by atoms with Gasteiger partial charge in [0.1, 0.15) is 13.2 Å². The predicted molar refractivity (Wildman–Crippen MR) is 348 cm³/mol. The molecular weight excluding hydrogens is 985 g/mol. The number of esters is 3. The van der Waals surface area contributed by atoms with Crippen molar-refractivity contribution in [3.63, 3.8) is 0 Å². The summed E-state index contributed by atoms with van der Waals surface area (Å²) in [5, 5.41) is 0. The predicted octanol–water partition coefficient (Wildman–Crippen LogP) is 24.1. The summed E-state index contributed by atoms with van der Waals surface area (Å²) in [7, 11) is 0. The van der Waals surface area contributed by atoms with E-state index in [1.54, 1.807) is 0 Å². The highest BCUT2D eigenvalue weighted by Gasteiger charge is 2.19. The van der Waals surface area contributed by atoms with Crippen LogP contribution in [0.5, 0.6) is 0 Å². The Kier molecular flexibility index (Phi) is 65.7. The molecule has 0 aliphatic heterocycles. The molecule has 1 atom stereocenters. The molecule has 0 N–H and O–H groups in total. The van der Waals surface area contributed by atoms with E-state index in [2.05, 4.69) is 93.7 Å². The van der Waals surface area contributed by atoms with Crippen LogP contribution in [0.15, 0.2) is 72.9 Å². The van der Waals surface area contributed by atoms with Crippen LogP contribution in [0, 0.1) is 0 Å². The number of hydrogen-bond donors (Lipinski definition) is 0. The van der Waals surface area contributed by atoms with E-state index in [1.807, 2.05) is 0 Å². The number of allylic oxidation sites excluding steroid dienone is 12. The summed E-state index contributed by atoms with van der Waals surface area (Å²) in [4.78, 5) is 38.4. The lowest BCUT2D eigenvalue weighted by Gasteiger charge is -2.18. The lowest BCUT2D eigenvalue weighted by molar-refractivity contribution is -0.167. The van der Waals surface area contributed by atoms with Crippen LogP contribution in [0.3, 0.4) is 0 Å². The summed E-state index contributed by atoms with van der Waals surface area (Å²) in [6.45, 7) is 6.59. The highest BCUT2D eigenvalue weighted by Crippen LogP contribution is 2.17. The first-order valence-corrected chi connectivity index (χ1v) is 34.9. The molecule has 6 heteroatoms. The van der Waals surface area contributed by atoms with Crippen molar-refractivity contribution in [1.82, 2.24) is 0 Å². The fourth-order valence-electron chi connectivity index (χ4n) is 10.1. The van der Waals surface area contributed by atoms with Gasteiger partial charge in [0.05, 0.1) is 0 Å². The number of ether oxygens (including phenoxy) is 3. The molecule has 6 nitrogen and oxygen atoms in total. The van der Waals surface area contributed by atoms with E-state index in [4.69, 9.17) is 14.2 Å². The van der Waals surface area contributed by atoms with Gasteiger partial charge in [0.25, 0.3) is 0 Å². The van der Waals surface area contributed by atoms with Crippen LogP contribution in [0.1, 0.15) is 361 Å². The molecule has 0 fully saturated rings. The Bertz CT molecular complexity index is 1470. The maximum atomic E-state index is 12.9. The molecule has 0 heterocycles. The molecule has 0 aromatic rings. The normalized spacial score (nSPS) is 12.5. The summed E-state index contributed by atoms with van der Waals surface area (Å²) < 4.78 is 16.9. The van der Waals surface area contributed by atoms with Crippen LogP contribution in [-0.2, 0) is 28.6 Å². The maximum Gasteiger partial charge on any atom is 0.306 e. The van der Waals surface area contributed by atoms with Crippen LogP contribution < -0.4 is 0 Å². The molecule has 80 heavy (non-hydrogen) atoms.